The molecule has 0 aliphatic heterocycles. The quantitative estimate of drug-likeness (QED) is 0.764. The van der Waals surface area contributed by atoms with E-state index in [-0.39, 0.29) is 5.69 Å². The normalized spacial score (nSPS) is 10.2. The smallest absolute Gasteiger partial charge is 0.177 e. The molecule has 0 atom stereocenters. The third-order valence-electron chi connectivity index (χ3n) is 1.42. The second-order valence-corrected chi connectivity index (χ2v) is 3.43. The van der Waals surface area contributed by atoms with E-state index < -0.39 is 0 Å². The van der Waals surface area contributed by atoms with Gasteiger partial charge in [-0.3, -0.25) is 0 Å². The number of halogens is 1. The van der Waals surface area contributed by atoms with Crippen LogP contribution in [0, 0.1) is 17.2 Å². The molecule has 0 aliphatic carbocycles. The fourth-order valence-electron chi connectivity index (χ4n) is 0.955. The monoisotopic (exact) mass is 183 g/mol. The van der Waals surface area contributed by atoms with Gasteiger partial charge in [-0.1, -0.05) is 25.4 Å². The average Bonchev–Trinajstić information content (AvgIpc) is 2.29. The Morgan fingerprint density at radius 1 is 1.67 bits per heavy atom. The number of imidazole rings is 1. The zero-order valence-electron chi connectivity index (χ0n) is 7.06. The number of H-pyrrole nitrogens is 1. The van der Waals surface area contributed by atoms with E-state index in [4.69, 9.17) is 16.9 Å². The lowest BCUT2D eigenvalue weighted by Gasteiger charge is -1.98. The van der Waals surface area contributed by atoms with Gasteiger partial charge in [0.25, 0.3) is 0 Å². The van der Waals surface area contributed by atoms with Crippen molar-refractivity contribution in [2.75, 3.05) is 0 Å². The van der Waals surface area contributed by atoms with Gasteiger partial charge in [-0.15, -0.1) is 0 Å². The fourth-order valence-corrected chi connectivity index (χ4v) is 1.15. The molecule has 1 N–H and O–H groups in total. The van der Waals surface area contributed by atoms with Gasteiger partial charge in [-0.05, 0) is 5.92 Å². The van der Waals surface area contributed by atoms with Crippen molar-refractivity contribution in [1.82, 2.24) is 9.97 Å². The molecule has 0 radical (unpaired) electrons. The highest BCUT2D eigenvalue weighted by Gasteiger charge is 2.07. The lowest BCUT2D eigenvalue weighted by atomic mass is 10.1. The molecular weight excluding hydrogens is 174 g/mol. The average molecular weight is 184 g/mol. The highest BCUT2D eigenvalue weighted by Crippen LogP contribution is 2.13. The van der Waals surface area contributed by atoms with Crippen molar-refractivity contribution in [3.8, 4) is 6.07 Å². The lowest BCUT2D eigenvalue weighted by molar-refractivity contribution is 0.625. The molecule has 0 spiro atoms. The molecule has 4 heteroatoms. The Kier molecular flexibility index (Phi) is 2.72. The van der Waals surface area contributed by atoms with Crippen molar-refractivity contribution in [1.29, 1.82) is 5.26 Å². The Morgan fingerprint density at radius 3 is 2.75 bits per heavy atom. The predicted octanol–water partition coefficient (Wildman–Crippen LogP) is 2.13. The van der Waals surface area contributed by atoms with Crippen molar-refractivity contribution < 1.29 is 0 Å². The van der Waals surface area contributed by atoms with Crippen molar-refractivity contribution in [2.24, 2.45) is 5.92 Å². The van der Waals surface area contributed by atoms with E-state index in [1.807, 2.05) is 6.07 Å². The topological polar surface area (TPSA) is 52.5 Å². The summed E-state index contributed by atoms with van der Waals surface area (Å²) in [7, 11) is 0. The van der Waals surface area contributed by atoms with Crippen LogP contribution in [0.25, 0.3) is 0 Å². The SMILES string of the molecule is CC(C)Cc1nc(C#N)c(Cl)[nH]1. The summed E-state index contributed by atoms with van der Waals surface area (Å²) in [4.78, 5) is 6.88. The first kappa shape index (κ1) is 9.08. The largest absolute Gasteiger partial charge is 0.332 e. The zero-order chi connectivity index (χ0) is 9.14. The predicted molar refractivity (Wildman–Crippen MR) is 46.9 cm³/mol. The first-order chi connectivity index (χ1) is 5.63. The molecule has 0 saturated carbocycles. The summed E-state index contributed by atoms with van der Waals surface area (Å²) < 4.78 is 0. The Bertz CT molecular complexity index is 309. The second kappa shape index (κ2) is 3.59. The third-order valence-corrected chi connectivity index (χ3v) is 1.69. The summed E-state index contributed by atoms with van der Waals surface area (Å²) in [5.41, 5.74) is 0.285. The van der Waals surface area contributed by atoms with Crippen LogP contribution in [0.1, 0.15) is 25.4 Å². The first-order valence-corrected chi connectivity index (χ1v) is 4.15. The molecule has 1 aromatic rings. The van der Waals surface area contributed by atoms with Gasteiger partial charge in [0.2, 0.25) is 0 Å². The van der Waals surface area contributed by atoms with Crippen molar-refractivity contribution in [2.45, 2.75) is 20.3 Å². The van der Waals surface area contributed by atoms with Crippen LogP contribution in [0.4, 0.5) is 0 Å². The highest BCUT2D eigenvalue weighted by molar-refractivity contribution is 6.30. The summed E-state index contributed by atoms with van der Waals surface area (Å²) in [6.07, 6.45) is 0.821. The van der Waals surface area contributed by atoms with Crippen LogP contribution >= 0.6 is 11.6 Å². The van der Waals surface area contributed by atoms with E-state index in [1.54, 1.807) is 0 Å². The van der Waals surface area contributed by atoms with E-state index in [9.17, 15) is 0 Å². The van der Waals surface area contributed by atoms with Crippen LogP contribution in [0.15, 0.2) is 0 Å². The number of aromatic amines is 1. The van der Waals surface area contributed by atoms with Gasteiger partial charge < -0.3 is 4.98 Å². The lowest BCUT2D eigenvalue weighted by Crippen LogP contribution is -1.95. The Labute approximate surface area is 76.4 Å². The summed E-state index contributed by atoms with van der Waals surface area (Å²) >= 11 is 5.69. The van der Waals surface area contributed by atoms with Gasteiger partial charge in [-0.2, -0.15) is 5.26 Å². The van der Waals surface area contributed by atoms with Crippen LogP contribution in [-0.4, -0.2) is 9.97 Å². The maximum Gasteiger partial charge on any atom is 0.177 e. The van der Waals surface area contributed by atoms with Crippen LogP contribution in [0.2, 0.25) is 5.15 Å². The minimum atomic E-state index is 0.285. The molecule has 0 aromatic carbocycles. The summed E-state index contributed by atoms with van der Waals surface area (Å²) in [6.45, 7) is 4.17. The van der Waals surface area contributed by atoms with Crippen molar-refractivity contribution in [3.05, 3.63) is 16.7 Å². The molecule has 1 heterocycles. The fraction of sp³-hybridized carbons (Fsp3) is 0.500. The summed E-state index contributed by atoms with van der Waals surface area (Å²) in [6, 6.07) is 1.91. The minimum Gasteiger partial charge on any atom is -0.332 e. The van der Waals surface area contributed by atoms with Gasteiger partial charge in [0.05, 0.1) is 0 Å². The van der Waals surface area contributed by atoms with Crippen LogP contribution in [0.5, 0.6) is 0 Å². The number of nitrogens with zero attached hydrogens (tertiary/aromatic N) is 2. The summed E-state index contributed by atoms with van der Waals surface area (Å²) in [5.74, 6) is 1.30. The van der Waals surface area contributed by atoms with Gasteiger partial charge in [0.1, 0.15) is 17.0 Å². The third kappa shape index (κ3) is 1.99. The van der Waals surface area contributed by atoms with Crippen LogP contribution in [-0.2, 0) is 6.42 Å². The van der Waals surface area contributed by atoms with Crippen molar-refractivity contribution in [3.63, 3.8) is 0 Å². The van der Waals surface area contributed by atoms with E-state index in [0.29, 0.717) is 11.1 Å². The number of hydrogen-bond donors (Lipinski definition) is 1. The number of hydrogen-bond acceptors (Lipinski definition) is 2. The number of rotatable bonds is 2. The maximum absolute atomic E-state index is 8.55. The van der Waals surface area contributed by atoms with E-state index in [2.05, 4.69) is 23.8 Å². The minimum absolute atomic E-state index is 0.285. The highest BCUT2D eigenvalue weighted by atomic mass is 35.5. The molecule has 1 aromatic heterocycles. The molecule has 0 amide bonds. The standard InChI is InChI=1S/C8H10ClN3/c1-5(2)3-7-11-6(4-10)8(9)12-7/h5H,3H2,1-2H3,(H,11,12). The van der Waals surface area contributed by atoms with Gasteiger partial charge >= 0.3 is 0 Å². The maximum atomic E-state index is 8.55. The Hall–Kier alpha value is -1.01. The molecule has 0 unspecified atom stereocenters. The van der Waals surface area contributed by atoms with Gasteiger partial charge in [-0.25, -0.2) is 4.98 Å². The van der Waals surface area contributed by atoms with Crippen LogP contribution in [0.3, 0.4) is 0 Å². The van der Waals surface area contributed by atoms with E-state index in [0.717, 1.165) is 12.2 Å². The van der Waals surface area contributed by atoms with Crippen LogP contribution < -0.4 is 0 Å². The molecule has 0 aliphatic rings. The number of nitriles is 1. The first-order valence-electron chi connectivity index (χ1n) is 3.78. The van der Waals surface area contributed by atoms with E-state index in [1.165, 1.54) is 0 Å². The number of nitrogens with one attached hydrogen (secondary N) is 1. The molecule has 0 fully saturated rings. The Balaban J connectivity index is 2.84. The second-order valence-electron chi connectivity index (χ2n) is 3.06. The molecule has 1 rings (SSSR count). The summed E-state index contributed by atoms with van der Waals surface area (Å²) in [5, 5.41) is 8.89. The molecule has 3 nitrogen and oxygen atoms in total. The Morgan fingerprint density at radius 2 is 2.33 bits per heavy atom. The van der Waals surface area contributed by atoms with Crippen molar-refractivity contribution >= 4 is 11.6 Å². The van der Waals surface area contributed by atoms with E-state index >= 15 is 0 Å². The molecular formula is C8H10ClN3. The van der Waals surface area contributed by atoms with Gasteiger partial charge in [0, 0.05) is 6.42 Å². The molecule has 12 heavy (non-hydrogen) atoms. The van der Waals surface area contributed by atoms with Gasteiger partial charge in [0.15, 0.2) is 5.69 Å². The molecule has 0 bridgehead atoms. The molecule has 64 valence electrons. The zero-order valence-corrected chi connectivity index (χ0v) is 7.81. The number of aromatic nitrogens is 2. The molecule has 0 saturated heterocycles.